The van der Waals surface area contributed by atoms with Gasteiger partial charge in [0.25, 0.3) is 0 Å². The van der Waals surface area contributed by atoms with Crippen molar-refractivity contribution in [3.05, 3.63) is 42.7 Å². The quantitative estimate of drug-likeness (QED) is 0.764. The van der Waals surface area contributed by atoms with Crippen LogP contribution in [0.2, 0.25) is 0 Å². The zero-order valence-electron chi connectivity index (χ0n) is 10.9. The first-order valence-corrected chi connectivity index (χ1v) is 6.05. The summed E-state index contributed by atoms with van der Waals surface area (Å²) in [5.41, 5.74) is 7.89. The Labute approximate surface area is 111 Å². The Kier molecular flexibility index (Phi) is 2.63. The maximum Gasteiger partial charge on any atom is 0.131 e. The maximum absolute atomic E-state index is 6.07. The Balaban J connectivity index is 2.34. The molecule has 0 radical (unpaired) electrons. The molecule has 4 nitrogen and oxygen atoms in total. The van der Waals surface area contributed by atoms with Gasteiger partial charge in [0.15, 0.2) is 0 Å². The van der Waals surface area contributed by atoms with E-state index in [9.17, 15) is 0 Å². The monoisotopic (exact) mass is 253 g/mol. The normalized spacial score (nSPS) is 10.8. The van der Waals surface area contributed by atoms with Gasteiger partial charge in [0.05, 0.1) is 13.4 Å². The van der Waals surface area contributed by atoms with Gasteiger partial charge in [-0.05, 0) is 17.5 Å². The van der Waals surface area contributed by atoms with Crippen molar-refractivity contribution in [1.82, 2.24) is 9.55 Å². The second kappa shape index (κ2) is 4.31. The molecule has 0 bridgehead atoms. The zero-order chi connectivity index (χ0) is 13.4. The SMILES string of the molecule is COc1ccc(-c2ncn(C)c2N)c2ccccc12. The van der Waals surface area contributed by atoms with Gasteiger partial charge in [0.2, 0.25) is 0 Å². The third-order valence-electron chi connectivity index (χ3n) is 3.34. The van der Waals surface area contributed by atoms with Crippen molar-refractivity contribution < 1.29 is 4.74 Å². The highest BCUT2D eigenvalue weighted by Gasteiger charge is 2.13. The van der Waals surface area contributed by atoms with Gasteiger partial charge in [0, 0.05) is 18.0 Å². The van der Waals surface area contributed by atoms with Gasteiger partial charge in [-0.3, -0.25) is 0 Å². The van der Waals surface area contributed by atoms with E-state index in [-0.39, 0.29) is 0 Å². The molecule has 0 aliphatic carbocycles. The molecule has 3 aromatic rings. The number of nitrogen functional groups attached to an aromatic ring is 1. The molecular formula is C15H15N3O. The number of ether oxygens (including phenoxy) is 1. The highest BCUT2D eigenvalue weighted by molar-refractivity contribution is 6.00. The molecule has 0 unspecified atom stereocenters. The van der Waals surface area contributed by atoms with Crippen LogP contribution >= 0.6 is 0 Å². The highest BCUT2D eigenvalue weighted by atomic mass is 16.5. The number of fused-ring (bicyclic) bond motifs is 1. The Bertz CT molecular complexity index is 746. The van der Waals surface area contributed by atoms with Crippen molar-refractivity contribution in [2.45, 2.75) is 0 Å². The second-order valence-corrected chi connectivity index (χ2v) is 4.45. The number of hydrogen-bond donors (Lipinski definition) is 1. The van der Waals surface area contributed by atoms with E-state index in [1.165, 1.54) is 0 Å². The van der Waals surface area contributed by atoms with Gasteiger partial charge >= 0.3 is 0 Å². The minimum absolute atomic E-state index is 0.662. The first-order valence-electron chi connectivity index (χ1n) is 6.05. The average molecular weight is 253 g/mol. The summed E-state index contributed by atoms with van der Waals surface area (Å²) in [5.74, 6) is 1.52. The Hall–Kier alpha value is -2.49. The summed E-state index contributed by atoms with van der Waals surface area (Å²) in [6, 6.07) is 12.0. The number of hydrogen-bond acceptors (Lipinski definition) is 3. The zero-order valence-corrected chi connectivity index (χ0v) is 10.9. The molecule has 1 heterocycles. The van der Waals surface area contributed by atoms with Crippen LogP contribution in [-0.2, 0) is 7.05 Å². The third kappa shape index (κ3) is 1.73. The van der Waals surface area contributed by atoms with Crippen LogP contribution in [0.3, 0.4) is 0 Å². The second-order valence-electron chi connectivity index (χ2n) is 4.45. The molecule has 19 heavy (non-hydrogen) atoms. The fourth-order valence-corrected chi connectivity index (χ4v) is 2.30. The van der Waals surface area contributed by atoms with E-state index in [1.54, 1.807) is 13.4 Å². The van der Waals surface area contributed by atoms with Crippen molar-refractivity contribution in [2.75, 3.05) is 12.8 Å². The van der Waals surface area contributed by atoms with Gasteiger partial charge in [-0.25, -0.2) is 4.98 Å². The first kappa shape index (κ1) is 11.6. The van der Waals surface area contributed by atoms with Crippen LogP contribution in [-0.4, -0.2) is 16.7 Å². The van der Waals surface area contributed by atoms with Crippen LogP contribution in [0, 0.1) is 0 Å². The van der Waals surface area contributed by atoms with Crippen molar-refractivity contribution in [1.29, 1.82) is 0 Å². The highest BCUT2D eigenvalue weighted by Crippen LogP contribution is 2.35. The minimum atomic E-state index is 0.662. The lowest BCUT2D eigenvalue weighted by Gasteiger charge is -2.09. The summed E-state index contributed by atoms with van der Waals surface area (Å²) in [4.78, 5) is 4.39. The van der Waals surface area contributed by atoms with Crippen molar-refractivity contribution >= 4 is 16.6 Å². The number of anilines is 1. The molecule has 0 amide bonds. The van der Waals surface area contributed by atoms with Crippen LogP contribution in [0.15, 0.2) is 42.7 Å². The topological polar surface area (TPSA) is 53.1 Å². The Morgan fingerprint density at radius 2 is 1.84 bits per heavy atom. The number of aryl methyl sites for hydroxylation is 1. The van der Waals surface area contributed by atoms with Crippen LogP contribution in [0.5, 0.6) is 5.75 Å². The molecule has 2 N–H and O–H groups in total. The molecular weight excluding hydrogens is 238 g/mol. The largest absolute Gasteiger partial charge is 0.496 e. The van der Waals surface area contributed by atoms with E-state index in [2.05, 4.69) is 11.1 Å². The van der Waals surface area contributed by atoms with Crippen molar-refractivity contribution in [2.24, 2.45) is 7.05 Å². The third-order valence-corrected chi connectivity index (χ3v) is 3.34. The number of aromatic nitrogens is 2. The molecule has 4 heteroatoms. The van der Waals surface area contributed by atoms with Crippen LogP contribution in [0.1, 0.15) is 0 Å². The summed E-state index contributed by atoms with van der Waals surface area (Å²) in [5, 5.41) is 2.15. The summed E-state index contributed by atoms with van der Waals surface area (Å²) in [6.07, 6.45) is 1.73. The van der Waals surface area contributed by atoms with Crippen LogP contribution in [0.4, 0.5) is 5.82 Å². The van der Waals surface area contributed by atoms with Crippen molar-refractivity contribution in [3.63, 3.8) is 0 Å². The summed E-state index contributed by atoms with van der Waals surface area (Å²) >= 11 is 0. The van der Waals surface area contributed by atoms with E-state index in [4.69, 9.17) is 10.5 Å². The van der Waals surface area contributed by atoms with E-state index < -0.39 is 0 Å². The number of nitrogens with two attached hydrogens (primary N) is 1. The Morgan fingerprint density at radius 1 is 1.11 bits per heavy atom. The number of imidazole rings is 1. The molecule has 0 saturated heterocycles. The van der Waals surface area contributed by atoms with E-state index in [0.717, 1.165) is 27.8 Å². The molecule has 96 valence electrons. The molecule has 0 atom stereocenters. The molecule has 0 spiro atoms. The maximum atomic E-state index is 6.07. The van der Waals surface area contributed by atoms with Gasteiger partial charge in [-0.2, -0.15) is 0 Å². The average Bonchev–Trinajstić information content (AvgIpc) is 2.78. The minimum Gasteiger partial charge on any atom is -0.496 e. The lowest BCUT2D eigenvalue weighted by Crippen LogP contribution is -1.96. The summed E-state index contributed by atoms with van der Waals surface area (Å²) < 4.78 is 7.21. The number of benzene rings is 2. The Morgan fingerprint density at radius 3 is 2.47 bits per heavy atom. The smallest absolute Gasteiger partial charge is 0.131 e. The number of nitrogens with zero attached hydrogens (tertiary/aromatic N) is 2. The molecule has 0 saturated carbocycles. The van der Waals surface area contributed by atoms with E-state index >= 15 is 0 Å². The number of rotatable bonds is 2. The van der Waals surface area contributed by atoms with Crippen LogP contribution in [0.25, 0.3) is 22.0 Å². The fourth-order valence-electron chi connectivity index (χ4n) is 2.30. The lowest BCUT2D eigenvalue weighted by molar-refractivity contribution is 0.420. The van der Waals surface area contributed by atoms with Gasteiger partial charge in [0.1, 0.15) is 17.3 Å². The van der Waals surface area contributed by atoms with Crippen molar-refractivity contribution in [3.8, 4) is 17.0 Å². The molecule has 3 rings (SSSR count). The molecule has 1 aromatic heterocycles. The summed E-state index contributed by atoms with van der Waals surface area (Å²) in [7, 11) is 3.56. The summed E-state index contributed by atoms with van der Waals surface area (Å²) in [6.45, 7) is 0. The van der Waals surface area contributed by atoms with E-state index in [1.807, 2.05) is 41.9 Å². The number of methoxy groups -OCH3 is 1. The first-order chi connectivity index (χ1) is 9.22. The fraction of sp³-hybridized carbons (Fsp3) is 0.133. The van der Waals surface area contributed by atoms with Crippen LogP contribution < -0.4 is 10.5 Å². The van der Waals surface area contributed by atoms with E-state index in [0.29, 0.717) is 5.82 Å². The lowest BCUT2D eigenvalue weighted by atomic mass is 10.0. The standard InChI is InChI=1S/C15H15N3O/c1-18-9-17-14(15(18)16)12-7-8-13(19-2)11-6-4-3-5-10(11)12/h3-9H,16H2,1-2H3. The molecule has 0 aliphatic rings. The molecule has 0 aliphatic heterocycles. The molecule has 0 fully saturated rings. The van der Waals surface area contributed by atoms with Gasteiger partial charge < -0.3 is 15.0 Å². The predicted molar refractivity (Wildman–Crippen MR) is 77.1 cm³/mol. The molecule has 2 aromatic carbocycles. The predicted octanol–water partition coefficient (Wildman–Crippen LogP) is 2.83. The van der Waals surface area contributed by atoms with Gasteiger partial charge in [-0.1, -0.05) is 24.3 Å². The van der Waals surface area contributed by atoms with Gasteiger partial charge in [-0.15, -0.1) is 0 Å².